The second-order valence-electron chi connectivity index (χ2n) is 1.29. The van der Waals surface area contributed by atoms with Gasteiger partial charge in [0.15, 0.2) is 0 Å². The smallest absolute Gasteiger partial charge is 0.109 e. The molecule has 0 saturated heterocycles. The lowest BCUT2D eigenvalue weighted by Gasteiger charge is -1.48. The second-order valence-corrected chi connectivity index (χ2v) is 1.29. The zero-order valence-corrected chi connectivity index (χ0v) is 3.05. The van der Waals surface area contributed by atoms with E-state index in [0.29, 0.717) is 0 Å². The van der Waals surface area contributed by atoms with Gasteiger partial charge in [0.1, 0.15) is 11.4 Å². The van der Waals surface area contributed by atoms with Gasteiger partial charge in [-0.1, -0.05) is 0 Å². The summed E-state index contributed by atoms with van der Waals surface area (Å²) in [6.45, 7) is 0. The number of nitrogens with zero attached hydrogens (tertiary/aromatic N) is 2. The van der Waals surface area contributed by atoms with Gasteiger partial charge >= 0.3 is 0 Å². The van der Waals surface area contributed by atoms with Crippen LogP contribution in [0.4, 0.5) is 0 Å². The van der Waals surface area contributed by atoms with Crippen molar-refractivity contribution in [1.82, 2.24) is 9.97 Å². The summed E-state index contributed by atoms with van der Waals surface area (Å²) in [6.07, 6.45) is 3.52. The predicted octanol–water partition coefficient (Wildman–Crippen LogP) is 0.457. The highest BCUT2D eigenvalue weighted by Crippen LogP contribution is 2.23. The van der Waals surface area contributed by atoms with Crippen LogP contribution in [0.2, 0.25) is 0 Å². The molecule has 2 rings (SSSR count). The molecule has 0 saturated carbocycles. The lowest BCUT2D eigenvalue weighted by Crippen LogP contribution is -1.45. The minimum atomic E-state index is 1.06. The van der Waals surface area contributed by atoms with E-state index in [4.69, 9.17) is 0 Å². The quantitative estimate of drug-likeness (QED) is 0.457. The summed E-state index contributed by atoms with van der Waals surface area (Å²) in [4.78, 5) is 7.69. The van der Waals surface area contributed by atoms with E-state index in [9.17, 15) is 0 Å². The minimum Gasteiger partial charge on any atom is -0.260 e. The van der Waals surface area contributed by atoms with Gasteiger partial charge in [-0.25, -0.2) is 4.98 Å². The molecular weight excluding hydrogens is 76.1 g/mol. The van der Waals surface area contributed by atoms with Gasteiger partial charge in [0.25, 0.3) is 0 Å². The summed E-state index contributed by atoms with van der Waals surface area (Å²) in [5, 5.41) is 0. The van der Waals surface area contributed by atoms with E-state index in [1.54, 1.807) is 12.4 Å². The number of fused-ring (bicyclic) bond motifs is 1. The lowest BCUT2D eigenvalue weighted by atomic mass is 10.6. The van der Waals surface area contributed by atoms with Crippen molar-refractivity contribution in [3.63, 3.8) is 0 Å². The fraction of sp³-hybridized carbons (Fsp3) is 0. The Morgan fingerprint density at radius 2 is 1.83 bits per heavy atom. The van der Waals surface area contributed by atoms with Crippen LogP contribution in [0.25, 0.3) is 11.4 Å². The topological polar surface area (TPSA) is 25.8 Å². The average molecular weight is 78.1 g/mol. The minimum absolute atomic E-state index is 1.06. The maximum absolute atomic E-state index is 3.89. The van der Waals surface area contributed by atoms with E-state index in [2.05, 4.69) is 9.97 Å². The molecule has 0 aliphatic carbocycles. The number of hydrogen-bond acceptors (Lipinski definition) is 2. The summed E-state index contributed by atoms with van der Waals surface area (Å²) >= 11 is 0. The van der Waals surface area contributed by atoms with Crippen molar-refractivity contribution < 1.29 is 0 Å². The molecule has 2 nitrogen and oxygen atoms in total. The molecule has 0 radical (unpaired) electrons. The number of rotatable bonds is 0. The standard InChI is InChI=1S/C4H2N2/c1-3-4(6-3)2-5-1/h1-2H. The average Bonchev–Trinajstić information content (AvgIpc) is 2.17. The summed E-state index contributed by atoms with van der Waals surface area (Å²) < 4.78 is 0. The van der Waals surface area contributed by atoms with Crippen molar-refractivity contribution in [2.24, 2.45) is 0 Å². The van der Waals surface area contributed by atoms with E-state index in [-0.39, 0.29) is 0 Å². The normalized spacial score (nSPS) is 11.3. The van der Waals surface area contributed by atoms with Crippen molar-refractivity contribution in [3.8, 4) is 11.4 Å². The molecule has 0 bridgehead atoms. The van der Waals surface area contributed by atoms with E-state index >= 15 is 0 Å². The van der Waals surface area contributed by atoms with Crippen LogP contribution in [-0.2, 0) is 0 Å². The predicted molar refractivity (Wildman–Crippen MR) is 21.0 cm³/mol. The molecule has 2 heteroatoms. The van der Waals surface area contributed by atoms with Gasteiger partial charge < -0.3 is 0 Å². The Bertz CT molecular complexity index is 165. The van der Waals surface area contributed by atoms with Gasteiger partial charge in [-0.15, -0.1) is 0 Å². The van der Waals surface area contributed by atoms with Crippen LogP contribution in [0.15, 0.2) is 12.4 Å². The van der Waals surface area contributed by atoms with Crippen LogP contribution in [0.5, 0.6) is 0 Å². The van der Waals surface area contributed by atoms with E-state index in [1.165, 1.54) is 0 Å². The maximum atomic E-state index is 3.89. The van der Waals surface area contributed by atoms with Crippen LogP contribution in [-0.4, -0.2) is 9.97 Å². The van der Waals surface area contributed by atoms with Gasteiger partial charge in [-0.2, -0.15) is 0 Å². The Labute approximate surface area is 34.9 Å². The molecule has 0 N–H and O–H groups in total. The van der Waals surface area contributed by atoms with Crippen LogP contribution >= 0.6 is 0 Å². The molecule has 2 aliphatic heterocycles. The third-order valence-corrected chi connectivity index (χ3v) is 0.847. The molecule has 0 amide bonds. The van der Waals surface area contributed by atoms with E-state index in [1.807, 2.05) is 0 Å². The zero-order valence-electron chi connectivity index (χ0n) is 3.05. The maximum Gasteiger partial charge on any atom is 0.109 e. The van der Waals surface area contributed by atoms with E-state index in [0.717, 1.165) is 11.4 Å². The van der Waals surface area contributed by atoms with Crippen LogP contribution in [0.3, 0.4) is 0 Å². The van der Waals surface area contributed by atoms with Crippen LogP contribution in [0, 0.1) is 0 Å². The Morgan fingerprint density at radius 1 is 1.17 bits per heavy atom. The van der Waals surface area contributed by atoms with Gasteiger partial charge in [0.05, 0.1) is 12.4 Å². The molecule has 0 atom stereocenters. The molecule has 28 valence electrons. The van der Waals surface area contributed by atoms with Gasteiger partial charge in [-0.05, 0) is 0 Å². The highest BCUT2D eigenvalue weighted by atomic mass is 14.9. The number of hydrogen-bond donors (Lipinski definition) is 0. The van der Waals surface area contributed by atoms with Gasteiger partial charge in [0, 0.05) is 0 Å². The second kappa shape index (κ2) is 0.469. The summed E-state index contributed by atoms with van der Waals surface area (Å²) in [5.41, 5.74) is 2.13. The highest BCUT2D eigenvalue weighted by molar-refractivity contribution is 5.64. The molecule has 6 heavy (non-hydrogen) atoms. The SMILES string of the molecule is c1ncc2nc1-2. The summed E-state index contributed by atoms with van der Waals surface area (Å²) in [6, 6.07) is 0. The zero-order chi connectivity index (χ0) is 3.98. The molecule has 0 spiro atoms. The Morgan fingerprint density at radius 3 is 2.00 bits per heavy atom. The molecule has 0 fully saturated rings. The molecule has 0 unspecified atom stereocenters. The fourth-order valence-corrected chi connectivity index (χ4v) is 0.470. The molecule has 0 aromatic heterocycles. The molecule has 2 heterocycles. The van der Waals surface area contributed by atoms with Crippen LogP contribution < -0.4 is 0 Å². The van der Waals surface area contributed by atoms with Crippen molar-refractivity contribution in [2.75, 3.05) is 0 Å². The first-order valence-electron chi connectivity index (χ1n) is 1.79. The highest BCUT2D eigenvalue weighted by Gasteiger charge is 2.12. The Hall–Kier alpha value is -0.920. The fourth-order valence-electron chi connectivity index (χ4n) is 0.470. The van der Waals surface area contributed by atoms with Crippen LogP contribution in [0.1, 0.15) is 0 Å². The van der Waals surface area contributed by atoms with Crippen molar-refractivity contribution in [1.29, 1.82) is 0 Å². The molecule has 0 aromatic carbocycles. The molecule has 0 aromatic rings. The number of aromatic nitrogens is 2. The van der Waals surface area contributed by atoms with Gasteiger partial charge in [0.2, 0.25) is 0 Å². The Kier molecular flexibility index (Phi) is 0.179. The summed E-state index contributed by atoms with van der Waals surface area (Å²) in [5.74, 6) is 0. The Balaban J connectivity index is 2.91. The monoisotopic (exact) mass is 78.0 g/mol. The first-order chi connectivity index (χ1) is 2.97. The lowest BCUT2D eigenvalue weighted by molar-refractivity contribution is 1.38. The van der Waals surface area contributed by atoms with E-state index < -0.39 is 0 Å². The molecular formula is C4H2N2. The molecule has 2 aliphatic rings. The first kappa shape index (κ1) is 2.29. The van der Waals surface area contributed by atoms with Crippen molar-refractivity contribution in [2.45, 2.75) is 0 Å². The van der Waals surface area contributed by atoms with Crippen molar-refractivity contribution in [3.05, 3.63) is 12.4 Å². The third kappa shape index (κ3) is 0.109. The van der Waals surface area contributed by atoms with Crippen molar-refractivity contribution >= 4 is 0 Å². The third-order valence-electron chi connectivity index (χ3n) is 0.847. The largest absolute Gasteiger partial charge is 0.260 e. The first-order valence-corrected chi connectivity index (χ1v) is 1.79. The summed E-state index contributed by atoms with van der Waals surface area (Å²) in [7, 11) is 0. The van der Waals surface area contributed by atoms with Gasteiger partial charge in [-0.3, -0.25) is 4.98 Å².